The molecule has 2 heterocycles. The second kappa shape index (κ2) is 4.02. The van der Waals surface area contributed by atoms with E-state index >= 15 is 0 Å². The molecule has 1 atom stereocenters. The van der Waals surface area contributed by atoms with Crippen LogP contribution in [0.25, 0.3) is 0 Å². The molecule has 1 aromatic carbocycles. The second-order valence-corrected chi connectivity index (χ2v) is 4.92. The third kappa shape index (κ3) is 1.63. The van der Waals surface area contributed by atoms with E-state index in [9.17, 15) is 0 Å². The number of nitrogens with two attached hydrogens (primary N) is 1. The number of hydrogen-bond acceptors (Lipinski definition) is 3. The number of benzene rings is 1. The summed E-state index contributed by atoms with van der Waals surface area (Å²) >= 11 is 0. The summed E-state index contributed by atoms with van der Waals surface area (Å²) in [6.07, 6.45) is 1.05. The number of rotatable bonds is 1. The van der Waals surface area contributed by atoms with Crippen LogP contribution in [0, 0.1) is 6.92 Å². The molecule has 2 aromatic rings. The van der Waals surface area contributed by atoms with Crippen molar-refractivity contribution in [1.82, 2.24) is 4.98 Å². The highest BCUT2D eigenvalue weighted by atomic mass is 15.2. The smallest absolute Gasteiger partial charge is 0.156 e. The van der Waals surface area contributed by atoms with Gasteiger partial charge in [0.1, 0.15) is 0 Å². The van der Waals surface area contributed by atoms with Crippen molar-refractivity contribution in [2.45, 2.75) is 26.3 Å². The summed E-state index contributed by atoms with van der Waals surface area (Å²) in [4.78, 5) is 6.85. The summed E-state index contributed by atoms with van der Waals surface area (Å²) < 4.78 is 0. The van der Waals surface area contributed by atoms with E-state index in [1.54, 1.807) is 0 Å². The van der Waals surface area contributed by atoms with E-state index in [0.717, 1.165) is 23.6 Å². The van der Waals surface area contributed by atoms with Crippen LogP contribution >= 0.6 is 0 Å². The Kier molecular flexibility index (Phi) is 2.47. The van der Waals surface area contributed by atoms with Crippen LogP contribution in [0.1, 0.15) is 18.2 Å². The Morgan fingerprint density at radius 1 is 1.22 bits per heavy atom. The van der Waals surface area contributed by atoms with Gasteiger partial charge in [0.05, 0.1) is 5.69 Å². The maximum Gasteiger partial charge on any atom is 0.156 e. The average molecular weight is 239 g/mol. The van der Waals surface area contributed by atoms with Gasteiger partial charge >= 0.3 is 0 Å². The molecule has 0 spiro atoms. The topological polar surface area (TPSA) is 42.1 Å². The molecule has 1 aliphatic heterocycles. The fraction of sp³-hybridized carbons (Fsp3) is 0.267. The predicted molar refractivity (Wildman–Crippen MR) is 75.1 cm³/mol. The molecule has 0 radical (unpaired) electrons. The van der Waals surface area contributed by atoms with Gasteiger partial charge in [-0.15, -0.1) is 0 Å². The van der Waals surface area contributed by atoms with Crippen LogP contribution < -0.4 is 10.6 Å². The van der Waals surface area contributed by atoms with Crippen LogP contribution in [0.15, 0.2) is 36.4 Å². The molecule has 0 saturated heterocycles. The van der Waals surface area contributed by atoms with E-state index in [1.807, 2.05) is 19.1 Å². The summed E-state index contributed by atoms with van der Waals surface area (Å²) in [5.74, 6) is 0.882. The number of aromatic nitrogens is 1. The summed E-state index contributed by atoms with van der Waals surface area (Å²) in [6.45, 7) is 4.21. The van der Waals surface area contributed by atoms with Gasteiger partial charge < -0.3 is 10.6 Å². The van der Waals surface area contributed by atoms with Crippen molar-refractivity contribution in [1.29, 1.82) is 0 Å². The Balaban J connectivity index is 2.14. The number of aryl methyl sites for hydroxylation is 1. The lowest BCUT2D eigenvalue weighted by Crippen LogP contribution is -2.26. The summed E-state index contributed by atoms with van der Waals surface area (Å²) in [5.41, 5.74) is 10.4. The highest BCUT2D eigenvalue weighted by Gasteiger charge is 2.28. The van der Waals surface area contributed by atoms with Gasteiger partial charge in [0, 0.05) is 17.4 Å². The summed E-state index contributed by atoms with van der Waals surface area (Å²) in [5, 5.41) is 0. The van der Waals surface area contributed by atoms with Crippen molar-refractivity contribution in [2.24, 2.45) is 0 Å². The second-order valence-electron chi connectivity index (χ2n) is 4.92. The molecule has 1 unspecified atom stereocenters. The Bertz CT molecular complexity index is 592. The molecule has 1 aromatic heterocycles. The minimum absolute atomic E-state index is 0.402. The standard InChI is InChI=1S/C15H17N3/c1-10-7-8-13(16)15(17-10)18-11(2)9-12-5-3-4-6-14(12)18/h3-8,11H,9,16H2,1-2H3. The van der Waals surface area contributed by atoms with E-state index in [4.69, 9.17) is 5.73 Å². The van der Waals surface area contributed by atoms with Crippen LogP contribution in [0.3, 0.4) is 0 Å². The van der Waals surface area contributed by atoms with E-state index in [-0.39, 0.29) is 0 Å². The van der Waals surface area contributed by atoms with Crippen LogP contribution in [-0.4, -0.2) is 11.0 Å². The van der Waals surface area contributed by atoms with E-state index < -0.39 is 0 Å². The molecule has 92 valence electrons. The number of nitrogen functional groups attached to an aromatic ring is 1. The van der Waals surface area contributed by atoms with Crippen molar-refractivity contribution >= 4 is 17.2 Å². The first-order valence-corrected chi connectivity index (χ1v) is 6.27. The van der Waals surface area contributed by atoms with Crippen LogP contribution in [0.4, 0.5) is 17.2 Å². The highest BCUT2D eigenvalue weighted by Crippen LogP contribution is 2.39. The van der Waals surface area contributed by atoms with Crippen LogP contribution in [0.5, 0.6) is 0 Å². The quantitative estimate of drug-likeness (QED) is 0.831. The lowest BCUT2D eigenvalue weighted by Gasteiger charge is -2.25. The zero-order valence-electron chi connectivity index (χ0n) is 10.7. The van der Waals surface area contributed by atoms with Crippen molar-refractivity contribution in [3.8, 4) is 0 Å². The molecule has 0 saturated carbocycles. The monoisotopic (exact) mass is 239 g/mol. The van der Waals surface area contributed by atoms with Crippen molar-refractivity contribution in [3.05, 3.63) is 47.7 Å². The number of nitrogens with zero attached hydrogens (tertiary/aromatic N) is 2. The Hall–Kier alpha value is -2.03. The molecule has 2 N–H and O–H groups in total. The average Bonchev–Trinajstić information content (AvgIpc) is 2.68. The lowest BCUT2D eigenvalue weighted by molar-refractivity contribution is 0.750. The fourth-order valence-corrected chi connectivity index (χ4v) is 2.64. The molecule has 0 aliphatic carbocycles. The number of pyridine rings is 1. The molecule has 0 bridgehead atoms. The minimum atomic E-state index is 0.402. The molecule has 1 aliphatic rings. The molecule has 3 nitrogen and oxygen atoms in total. The van der Waals surface area contributed by atoms with Gasteiger partial charge in [0.25, 0.3) is 0 Å². The largest absolute Gasteiger partial charge is 0.396 e. The third-order valence-corrected chi connectivity index (χ3v) is 3.48. The molecular weight excluding hydrogens is 222 g/mol. The number of hydrogen-bond donors (Lipinski definition) is 1. The molecule has 3 rings (SSSR count). The Labute approximate surface area is 107 Å². The normalized spacial score (nSPS) is 17.9. The SMILES string of the molecule is Cc1ccc(N)c(N2c3ccccc3CC2C)n1. The minimum Gasteiger partial charge on any atom is -0.396 e. The maximum atomic E-state index is 6.08. The molecule has 18 heavy (non-hydrogen) atoms. The van der Waals surface area contributed by atoms with E-state index in [2.05, 4.69) is 41.1 Å². The van der Waals surface area contributed by atoms with E-state index in [0.29, 0.717) is 6.04 Å². The molecule has 0 amide bonds. The zero-order valence-corrected chi connectivity index (χ0v) is 10.7. The number of para-hydroxylation sites is 1. The fourth-order valence-electron chi connectivity index (χ4n) is 2.64. The van der Waals surface area contributed by atoms with Gasteiger partial charge in [0.15, 0.2) is 5.82 Å². The molecular formula is C15H17N3. The van der Waals surface area contributed by atoms with Gasteiger partial charge in [-0.2, -0.15) is 0 Å². The maximum absolute atomic E-state index is 6.08. The molecule has 0 fully saturated rings. The van der Waals surface area contributed by atoms with Crippen LogP contribution in [0.2, 0.25) is 0 Å². The van der Waals surface area contributed by atoms with Gasteiger partial charge in [0.2, 0.25) is 0 Å². The predicted octanol–water partition coefficient (Wildman–Crippen LogP) is 3.05. The highest BCUT2D eigenvalue weighted by molar-refractivity contribution is 5.76. The summed E-state index contributed by atoms with van der Waals surface area (Å²) in [6, 6.07) is 12.8. The van der Waals surface area contributed by atoms with Gasteiger partial charge in [-0.1, -0.05) is 18.2 Å². The zero-order chi connectivity index (χ0) is 12.7. The first kappa shape index (κ1) is 11.1. The van der Waals surface area contributed by atoms with Crippen molar-refractivity contribution in [3.63, 3.8) is 0 Å². The Morgan fingerprint density at radius 2 is 2.00 bits per heavy atom. The van der Waals surface area contributed by atoms with Crippen molar-refractivity contribution < 1.29 is 0 Å². The first-order chi connectivity index (χ1) is 8.66. The Morgan fingerprint density at radius 3 is 2.83 bits per heavy atom. The van der Waals surface area contributed by atoms with Crippen LogP contribution in [-0.2, 0) is 6.42 Å². The van der Waals surface area contributed by atoms with Crippen molar-refractivity contribution in [2.75, 3.05) is 10.6 Å². The van der Waals surface area contributed by atoms with E-state index in [1.165, 1.54) is 11.3 Å². The lowest BCUT2D eigenvalue weighted by atomic mass is 10.1. The molecule has 3 heteroatoms. The summed E-state index contributed by atoms with van der Waals surface area (Å²) in [7, 11) is 0. The van der Waals surface area contributed by atoms with Gasteiger partial charge in [-0.05, 0) is 44.0 Å². The third-order valence-electron chi connectivity index (χ3n) is 3.48. The van der Waals surface area contributed by atoms with Gasteiger partial charge in [-0.25, -0.2) is 4.98 Å². The van der Waals surface area contributed by atoms with Gasteiger partial charge in [-0.3, -0.25) is 0 Å². The number of fused-ring (bicyclic) bond motifs is 1. The number of anilines is 3. The first-order valence-electron chi connectivity index (χ1n) is 6.27.